The van der Waals surface area contributed by atoms with Crippen molar-refractivity contribution in [3.8, 4) is 22.5 Å². The minimum absolute atomic E-state index is 0.0199. The van der Waals surface area contributed by atoms with Gasteiger partial charge >= 0.3 is 0 Å². The standard InChI is InChI=1S/C30H37N7O2/c1-6-9-25-24(29(39)36-19(2)12-17-26(37(25)36)28(38)31-30(3,4)5)18-20-13-15-21(16-14-20)22-10-7-8-11-23(22)27-32-34-35-33-27/h7-8,10-11,13-16,19,26H,6,9,12,17-18H2,1-5H3,(H,31,38)(H,32,33,34,35). The van der Waals surface area contributed by atoms with Gasteiger partial charge in [0.1, 0.15) is 6.04 Å². The highest BCUT2D eigenvalue weighted by Crippen LogP contribution is 2.33. The van der Waals surface area contributed by atoms with Gasteiger partial charge in [0, 0.05) is 28.8 Å². The summed E-state index contributed by atoms with van der Waals surface area (Å²) in [5.41, 5.74) is 5.50. The third-order valence-electron chi connectivity index (χ3n) is 7.35. The molecule has 0 bridgehead atoms. The van der Waals surface area contributed by atoms with Gasteiger partial charge in [0.25, 0.3) is 5.56 Å². The molecule has 4 aromatic rings. The number of H-pyrrole nitrogens is 1. The number of tetrazole rings is 1. The molecule has 204 valence electrons. The third-order valence-corrected chi connectivity index (χ3v) is 7.35. The van der Waals surface area contributed by atoms with Gasteiger partial charge in [0.05, 0.1) is 6.04 Å². The molecule has 1 aliphatic heterocycles. The lowest BCUT2D eigenvalue weighted by Gasteiger charge is -2.34. The SMILES string of the molecule is CCCc1c(Cc2ccc(-c3ccccc3-c3nnn[nH]3)cc2)c(=O)n2n1C(C(=O)NC(C)(C)C)CCC2C. The summed E-state index contributed by atoms with van der Waals surface area (Å²) in [5.74, 6) is 0.595. The van der Waals surface area contributed by atoms with Gasteiger partial charge in [-0.1, -0.05) is 61.9 Å². The van der Waals surface area contributed by atoms with Gasteiger partial charge in [-0.15, -0.1) is 5.10 Å². The summed E-state index contributed by atoms with van der Waals surface area (Å²) in [5, 5.41) is 17.5. The molecule has 2 aromatic heterocycles. The van der Waals surface area contributed by atoms with E-state index in [-0.39, 0.29) is 29.1 Å². The van der Waals surface area contributed by atoms with Crippen molar-refractivity contribution in [2.45, 2.75) is 84.3 Å². The zero-order valence-corrected chi connectivity index (χ0v) is 23.4. The van der Waals surface area contributed by atoms with Crippen LogP contribution in [0.5, 0.6) is 0 Å². The van der Waals surface area contributed by atoms with Crippen molar-refractivity contribution in [1.82, 2.24) is 35.3 Å². The van der Waals surface area contributed by atoms with Crippen LogP contribution >= 0.6 is 0 Å². The van der Waals surface area contributed by atoms with E-state index in [0.717, 1.165) is 59.2 Å². The fourth-order valence-electron chi connectivity index (χ4n) is 5.62. The Labute approximate surface area is 228 Å². The minimum Gasteiger partial charge on any atom is -0.350 e. The molecule has 2 aromatic carbocycles. The number of aromatic amines is 1. The molecule has 0 saturated heterocycles. The molecule has 2 N–H and O–H groups in total. The van der Waals surface area contributed by atoms with Crippen LogP contribution in [0.25, 0.3) is 22.5 Å². The molecule has 39 heavy (non-hydrogen) atoms. The molecule has 0 aliphatic carbocycles. The van der Waals surface area contributed by atoms with Gasteiger partial charge in [-0.2, -0.15) is 0 Å². The zero-order chi connectivity index (χ0) is 27.7. The van der Waals surface area contributed by atoms with Gasteiger partial charge in [0.15, 0.2) is 5.82 Å². The molecule has 5 rings (SSSR count). The van der Waals surface area contributed by atoms with E-state index in [9.17, 15) is 9.59 Å². The molecule has 1 aliphatic rings. The van der Waals surface area contributed by atoms with E-state index in [1.165, 1.54) is 0 Å². The second kappa shape index (κ2) is 10.6. The number of hydrogen-bond acceptors (Lipinski definition) is 5. The fourth-order valence-corrected chi connectivity index (χ4v) is 5.62. The first-order chi connectivity index (χ1) is 18.7. The van der Waals surface area contributed by atoms with E-state index in [1.54, 1.807) is 0 Å². The van der Waals surface area contributed by atoms with E-state index in [1.807, 2.05) is 54.4 Å². The van der Waals surface area contributed by atoms with Crippen LogP contribution in [0.3, 0.4) is 0 Å². The molecule has 9 nitrogen and oxygen atoms in total. The number of nitrogens with zero attached hydrogens (tertiary/aromatic N) is 5. The van der Waals surface area contributed by atoms with Gasteiger partial charge in [0.2, 0.25) is 5.91 Å². The smallest absolute Gasteiger partial charge is 0.270 e. The summed E-state index contributed by atoms with van der Waals surface area (Å²) in [6.07, 6.45) is 3.69. The Morgan fingerprint density at radius 2 is 1.77 bits per heavy atom. The maximum absolute atomic E-state index is 13.8. The highest BCUT2D eigenvalue weighted by molar-refractivity contribution is 5.81. The van der Waals surface area contributed by atoms with Crippen LogP contribution in [0.1, 0.15) is 82.8 Å². The molecule has 2 atom stereocenters. The van der Waals surface area contributed by atoms with Gasteiger partial charge in [-0.3, -0.25) is 14.3 Å². The molecule has 0 spiro atoms. The van der Waals surface area contributed by atoms with Gasteiger partial charge in [-0.05, 0) is 74.1 Å². The number of benzene rings is 2. The van der Waals surface area contributed by atoms with Crippen LogP contribution in [0.15, 0.2) is 53.3 Å². The highest BCUT2D eigenvalue weighted by atomic mass is 16.2. The Balaban J connectivity index is 1.50. The number of hydrogen-bond donors (Lipinski definition) is 2. The number of nitrogens with one attached hydrogen (secondary N) is 2. The zero-order valence-electron chi connectivity index (χ0n) is 23.4. The van der Waals surface area contributed by atoms with Crippen LogP contribution < -0.4 is 10.9 Å². The van der Waals surface area contributed by atoms with E-state index in [2.05, 4.69) is 64.1 Å². The minimum atomic E-state index is -0.382. The van der Waals surface area contributed by atoms with E-state index in [0.29, 0.717) is 12.2 Å². The molecule has 3 heterocycles. The predicted molar refractivity (Wildman–Crippen MR) is 151 cm³/mol. The first-order valence-corrected chi connectivity index (χ1v) is 13.8. The predicted octanol–water partition coefficient (Wildman–Crippen LogP) is 4.85. The molecular weight excluding hydrogens is 490 g/mol. The fraction of sp³-hybridized carbons (Fsp3) is 0.433. The Bertz CT molecular complexity index is 1510. The van der Waals surface area contributed by atoms with E-state index < -0.39 is 0 Å². The first kappa shape index (κ1) is 26.6. The van der Waals surface area contributed by atoms with Crippen LogP contribution in [-0.4, -0.2) is 41.4 Å². The second-order valence-electron chi connectivity index (χ2n) is 11.5. The maximum atomic E-state index is 13.8. The highest BCUT2D eigenvalue weighted by Gasteiger charge is 2.35. The molecule has 2 unspecified atom stereocenters. The summed E-state index contributed by atoms with van der Waals surface area (Å²) in [6, 6.07) is 16.0. The topological polar surface area (TPSA) is 110 Å². The van der Waals surface area contributed by atoms with Crippen LogP contribution in [0, 0.1) is 0 Å². The Hall–Kier alpha value is -4.01. The van der Waals surface area contributed by atoms with Crippen LogP contribution in [0.4, 0.5) is 0 Å². The monoisotopic (exact) mass is 527 g/mol. The lowest BCUT2D eigenvalue weighted by Crippen LogP contribution is -2.47. The number of carbonyl (C=O) groups excluding carboxylic acids is 1. The van der Waals surface area contributed by atoms with Crippen molar-refractivity contribution in [1.29, 1.82) is 0 Å². The Morgan fingerprint density at radius 1 is 1.05 bits per heavy atom. The molecule has 0 radical (unpaired) electrons. The summed E-state index contributed by atoms with van der Waals surface area (Å²) >= 11 is 0. The van der Waals surface area contributed by atoms with E-state index in [4.69, 9.17) is 0 Å². The second-order valence-corrected chi connectivity index (χ2v) is 11.5. The third kappa shape index (κ3) is 5.30. The quantitative estimate of drug-likeness (QED) is 0.357. The van der Waals surface area contributed by atoms with Gasteiger partial charge < -0.3 is 5.32 Å². The van der Waals surface area contributed by atoms with Crippen LogP contribution in [-0.2, 0) is 17.6 Å². The summed E-state index contributed by atoms with van der Waals surface area (Å²) in [6.45, 7) is 10.2. The number of fused-ring (bicyclic) bond motifs is 1. The summed E-state index contributed by atoms with van der Waals surface area (Å²) in [7, 11) is 0. The van der Waals surface area contributed by atoms with E-state index >= 15 is 0 Å². The average Bonchev–Trinajstić information content (AvgIpc) is 3.53. The molecule has 0 fully saturated rings. The number of amides is 1. The average molecular weight is 528 g/mol. The number of carbonyl (C=O) groups is 1. The van der Waals surface area contributed by atoms with Crippen molar-refractivity contribution in [3.05, 3.63) is 75.7 Å². The van der Waals surface area contributed by atoms with Crippen molar-refractivity contribution in [2.75, 3.05) is 0 Å². The summed E-state index contributed by atoms with van der Waals surface area (Å²) in [4.78, 5) is 27.2. The molecular formula is C30H37N7O2. The Kier molecular flexibility index (Phi) is 7.25. The Morgan fingerprint density at radius 3 is 2.41 bits per heavy atom. The van der Waals surface area contributed by atoms with Gasteiger partial charge in [-0.25, -0.2) is 9.78 Å². The van der Waals surface area contributed by atoms with Crippen molar-refractivity contribution in [3.63, 3.8) is 0 Å². The lowest BCUT2D eigenvalue weighted by atomic mass is 9.96. The van der Waals surface area contributed by atoms with Crippen molar-refractivity contribution >= 4 is 5.91 Å². The molecule has 0 saturated carbocycles. The van der Waals surface area contributed by atoms with Crippen LogP contribution in [0.2, 0.25) is 0 Å². The molecule has 9 heteroatoms. The normalized spacial score (nSPS) is 17.2. The number of aromatic nitrogens is 6. The maximum Gasteiger partial charge on any atom is 0.270 e. The largest absolute Gasteiger partial charge is 0.350 e. The van der Waals surface area contributed by atoms with Crippen molar-refractivity contribution in [2.24, 2.45) is 0 Å². The first-order valence-electron chi connectivity index (χ1n) is 13.8. The van der Waals surface area contributed by atoms with Crippen molar-refractivity contribution < 1.29 is 4.79 Å². The lowest BCUT2D eigenvalue weighted by molar-refractivity contribution is -0.127. The molecule has 1 amide bonds. The number of rotatable bonds is 7. The summed E-state index contributed by atoms with van der Waals surface area (Å²) < 4.78 is 3.86.